The average molecular weight is 394 g/mol. The fraction of sp³-hybridized carbons (Fsp3) is 0.143. The van der Waals surface area contributed by atoms with Gasteiger partial charge in [0.1, 0.15) is 18.2 Å². The Labute approximate surface area is 168 Å². The lowest BCUT2D eigenvalue weighted by Gasteiger charge is -2.12. The van der Waals surface area contributed by atoms with Gasteiger partial charge in [0.05, 0.1) is 12.2 Å². The lowest BCUT2D eigenvalue weighted by atomic mass is 10.1. The van der Waals surface area contributed by atoms with Crippen LogP contribution in [-0.2, 0) is 4.79 Å². The van der Waals surface area contributed by atoms with Crippen LogP contribution in [0, 0.1) is 5.41 Å². The van der Waals surface area contributed by atoms with E-state index in [0.717, 1.165) is 11.8 Å². The molecular weight excluding hydrogens is 372 g/mol. The fourth-order valence-corrected chi connectivity index (χ4v) is 2.40. The van der Waals surface area contributed by atoms with Gasteiger partial charge in [0.2, 0.25) is 0 Å². The van der Waals surface area contributed by atoms with Crippen LogP contribution in [0.2, 0.25) is 0 Å². The number of carbonyl (C=O) groups is 2. The van der Waals surface area contributed by atoms with Gasteiger partial charge in [0, 0.05) is 29.0 Å². The maximum absolute atomic E-state index is 12.2. The van der Waals surface area contributed by atoms with E-state index in [1.54, 1.807) is 48.7 Å². The number of nitrogens with one attached hydrogen (secondary N) is 2. The number of hydrogen-bond donors (Lipinski definition) is 4. The second kappa shape index (κ2) is 10.4. The molecule has 150 valence electrons. The predicted octanol–water partition coefficient (Wildman–Crippen LogP) is 2.60. The number of nitrogen functional groups attached to an aromatic ring is 1. The molecule has 1 amide bonds. The second-order valence-corrected chi connectivity index (χ2v) is 5.88. The van der Waals surface area contributed by atoms with Gasteiger partial charge in [-0.25, -0.2) is 4.79 Å². The molecule has 5 N–H and O–H groups in total. The average Bonchev–Trinajstić information content (AvgIpc) is 2.70. The summed E-state index contributed by atoms with van der Waals surface area (Å²) >= 11 is 0. The van der Waals surface area contributed by atoms with E-state index in [-0.39, 0.29) is 24.9 Å². The number of hydrogen-bond acceptors (Lipinski definition) is 5. The number of aliphatic carboxylic acids is 1. The number of rotatable bonds is 9. The van der Waals surface area contributed by atoms with E-state index < -0.39 is 5.97 Å². The molecule has 0 saturated carbocycles. The van der Waals surface area contributed by atoms with Gasteiger partial charge < -0.3 is 20.9 Å². The van der Waals surface area contributed by atoms with Crippen LogP contribution in [-0.4, -0.2) is 42.2 Å². The molecule has 0 bridgehead atoms. The molecule has 2 aromatic carbocycles. The number of benzene rings is 2. The van der Waals surface area contributed by atoms with Crippen LogP contribution in [0.5, 0.6) is 5.75 Å². The minimum absolute atomic E-state index is 0.132. The number of carboxylic acids is 1. The molecule has 0 aliphatic carbocycles. The lowest BCUT2D eigenvalue weighted by molar-refractivity contribution is -0.131. The molecule has 0 aromatic heterocycles. The second-order valence-electron chi connectivity index (χ2n) is 5.88. The highest BCUT2D eigenvalue weighted by Crippen LogP contribution is 2.22. The molecule has 2 rings (SSSR count). The molecule has 2 aromatic rings. The van der Waals surface area contributed by atoms with Crippen molar-refractivity contribution in [1.82, 2.24) is 5.32 Å². The van der Waals surface area contributed by atoms with Crippen molar-refractivity contribution in [2.45, 2.75) is 6.92 Å². The predicted molar refractivity (Wildman–Crippen MR) is 112 cm³/mol. The molecule has 0 saturated heterocycles. The summed E-state index contributed by atoms with van der Waals surface area (Å²) in [6.07, 6.45) is 4.05. The molecule has 8 nitrogen and oxygen atoms in total. The summed E-state index contributed by atoms with van der Waals surface area (Å²) < 4.78 is 5.67. The number of ether oxygens (including phenoxy) is 1. The highest BCUT2D eigenvalue weighted by molar-refractivity contribution is 5.96. The van der Waals surface area contributed by atoms with Crippen molar-refractivity contribution in [3.63, 3.8) is 0 Å². The summed E-state index contributed by atoms with van der Waals surface area (Å²) in [6.45, 7) is 2.20. The van der Waals surface area contributed by atoms with Crippen molar-refractivity contribution in [2.24, 2.45) is 10.7 Å². The largest absolute Gasteiger partial charge is 0.491 e. The van der Waals surface area contributed by atoms with Crippen LogP contribution in [0.3, 0.4) is 0 Å². The van der Waals surface area contributed by atoms with Crippen LogP contribution in [0.25, 0.3) is 6.08 Å². The quantitative estimate of drug-likeness (QED) is 0.224. The third-order valence-electron chi connectivity index (χ3n) is 3.78. The van der Waals surface area contributed by atoms with Gasteiger partial charge in [-0.3, -0.25) is 15.2 Å². The van der Waals surface area contributed by atoms with E-state index >= 15 is 0 Å². The normalized spacial score (nSPS) is 10.9. The molecule has 0 atom stereocenters. The Bertz CT molecular complexity index is 950. The van der Waals surface area contributed by atoms with Crippen LogP contribution in [0.4, 0.5) is 5.69 Å². The summed E-state index contributed by atoms with van der Waals surface area (Å²) in [4.78, 5) is 27.1. The molecule has 8 heteroatoms. The van der Waals surface area contributed by atoms with Crippen molar-refractivity contribution in [2.75, 3.05) is 13.2 Å². The molecule has 0 unspecified atom stereocenters. The molecule has 0 radical (unpaired) electrons. The number of carbonyl (C=O) groups excluding carboxylic acids is 1. The molecular formula is C21H22N4O4. The molecule has 0 fully saturated rings. The summed E-state index contributed by atoms with van der Waals surface area (Å²) in [5.74, 6) is -1.10. The number of carboxylic acid groups (broad SMARTS) is 1. The molecule has 0 heterocycles. The minimum atomic E-state index is -1.09. The molecule has 0 spiro atoms. The van der Waals surface area contributed by atoms with Gasteiger partial charge in [-0.15, -0.1) is 0 Å². The SMILES string of the molecule is CC=Nc1ccc(C(=O)NCCOc2cc(C(=N)N)ccc2/C=C/C(=O)O)cc1. The maximum atomic E-state index is 12.2. The summed E-state index contributed by atoms with van der Waals surface area (Å²) in [7, 11) is 0. The summed E-state index contributed by atoms with van der Waals surface area (Å²) in [5, 5.41) is 19.1. The monoisotopic (exact) mass is 394 g/mol. The van der Waals surface area contributed by atoms with Crippen LogP contribution in [0.1, 0.15) is 28.4 Å². The standard InChI is InChI=1S/C21H22N4O4/c1-2-24-17-8-5-15(6-9-17)21(28)25-11-12-29-18-13-16(20(22)23)4-3-14(18)7-10-19(26)27/h2-10,13H,11-12H2,1H3,(H3,22,23)(H,25,28)(H,26,27)/b10-7+,24-2?. The Morgan fingerprint density at radius 2 is 1.90 bits per heavy atom. The van der Waals surface area contributed by atoms with Crippen molar-refractivity contribution < 1.29 is 19.4 Å². The third kappa shape index (κ3) is 6.62. The van der Waals surface area contributed by atoms with Gasteiger partial charge in [-0.2, -0.15) is 0 Å². The van der Waals surface area contributed by atoms with E-state index in [1.165, 1.54) is 6.08 Å². The zero-order valence-electron chi connectivity index (χ0n) is 15.9. The number of aliphatic imine (C=N–C) groups is 1. The first-order chi connectivity index (χ1) is 13.9. The number of nitrogens with zero attached hydrogens (tertiary/aromatic N) is 1. The van der Waals surface area contributed by atoms with Crippen molar-refractivity contribution in [3.05, 3.63) is 65.2 Å². The highest BCUT2D eigenvalue weighted by atomic mass is 16.5. The zero-order chi connectivity index (χ0) is 21.2. The topological polar surface area (TPSA) is 138 Å². The first-order valence-electron chi connectivity index (χ1n) is 8.80. The van der Waals surface area contributed by atoms with E-state index in [0.29, 0.717) is 22.4 Å². The van der Waals surface area contributed by atoms with Crippen molar-refractivity contribution in [1.29, 1.82) is 5.41 Å². The van der Waals surface area contributed by atoms with Gasteiger partial charge in [0.25, 0.3) is 5.91 Å². The van der Waals surface area contributed by atoms with Crippen molar-refractivity contribution in [3.8, 4) is 5.75 Å². The summed E-state index contributed by atoms with van der Waals surface area (Å²) in [5.41, 5.74) is 7.73. The molecule has 0 aliphatic rings. The first kappa shape index (κ1) is 21.4. The van der Waals surface area contributed by atoms with E-state index in [4.69, 9.17) is 21.0 Å². The Balaban J connectivity index is 1.97. The van der Waals surface area contributed by atoms with E-state index in [2.05, 4.69) is 10.3 Å². The Kier molecular flexibility index (Phi) is 7.67. The van der Waals surface area contributed by atoms with Crippen LogP contribution < -0.4 is 15.8 Å². The minimum Gasteiger partial charge on any atom is -0.491 e. The third-order valence-corrected chi connectivity index (χ3v) is 3.78. The smallest absolute Gasteiger partial charge is 0.328 e. The van der Waals surface area contributed by atoms with Crippen molar-refractivity contribution >= 4 is 35.7 Å². The zero-order valence-corrected chi connectivity index (χ0v) is 15.9. The Hall–Kier alpha value is -3.94. The number of amides is 1. The first-order valence-corrected chi connectivity index (χ1v) is 8.80. The number of nitrogens with two attached hydrogens (primary N) is 1. The fourth-order valence-electron chi connectivity index (χ4n) is 2.40. The maximum Gasteiger partial charge on any atom is 0.328 e. The van der Waals surface area contributed by atoms with Crippen LogP contribution >= 0.6 is 0 Å². The van der Waals surface area contributed by atoms with Gasteiger partial charge in [-0.1, -0.05) is 12.1 Å². The highest BCUT2D eigenvalue weighted by Gasteiger charge is 2.08. The Morgan fingerprint density at radius 3 is 2.52 bits per heavy atom. The lowest BCUT2D eigenvalue weighted by Crippen LogP contribution is -2.28. The van der Waals surface area contributed by atoms with Gasteiger partial charge >= 0.3 is 5.97 Å². The molecule has 0 aliphatic heterocycles. The van der Waals surface area contributed by atoms with Gasteiger partial charge in [-0.05, 0) is 43.3 Å². The van der Waals surface area contributed by atoms with E-state index in [1.807, 2.05) is 6.92 Å². The van der Waals surface area contributed by atoms with Gasteiger partial charge in [0.15, 0.2) is 0 Å². The number of amidine groups is 1. The van der Waals surface area contributed by atoms with Crippen LogP contribution in [0.15, 0.2) is 53.5 Å². The molecule has 29 heavy (non-hydrogen) atoms. The van der Waals surface area contributed by atoms with E-state index in [9.17, 15) is 9.59 Å². The summed E-state index contributed by atoms with van der Waals surface area (Å²) in [6, 6.07) is 11.6. The Morgan fingerprint density at radius 1 is 1.21 bits per heavy atom.